The van der Waals surface area contributed by atoms with Crippen LogP contribution in [0.5, 0.6) is 0 Å². The highest BCUT2D eigenvalue weighted by Gasteiger charge is 2.03. The van der Waals surface area contributed by atoms with Crippen molar-refractivity contribution in [2.75, 3.05) is 40.3 Å². The Kier molecular flexibility index (Phi) is 8.69. The van der Waals surface area contributed by atoms with E-state index < -0.39 is 0 Å². The van der Waals surface area contributed by atoms with E-state index in [0.29, 0.717) is 36.0 Å². The van der Waals surface area contributed by atoms with Gasteiger partial charge in [-0.1, -0.05) is 29.3 Å². The van der Waals surface area contributed by atoms with Gasteiger partial charge in [0.15, 0.2) is 0 Å². The van der Waals surface area contributed by atoms with Crippen LogP contribution < -0.4 is 10.6 Å². The van der Waals surface area contributed by atoms with Crippen LogP contribution in [0, 0.1) is 0 Å². The lowest BCUT2D eigenvalue weighted by molar-refractivity contribution is -0.120. The van der Waals surface area contributed by atoms with Crippen LogP contribution in [-0.2, 0) is 11.2 Å². The molecule has 0 saturated heterocycles. The predicted molar refractivity (Wildman–Crippen MR) is 89.2 cm³/mol. The zero-order valence-electron chi connectivity index (χ0n) is 12.6. The largest absolute Gasteiger partial charge is 0.356 e. The van der Waals surface area contributed by atoms with Gasteiger partial charge in [-0.25, -0.2) is 0 Å². The first-order chi connectivity index (χ1) is 9.99. The summed E-state index contributed by atoms with van der Waals surface area (Å²) < 4.78 is 0. The number of likely N-dealkylation sites (N-methyl/N-ethyl adjacent to an activating group) is 1. The Morgan fingerprint density at radius 3 is 2.62 bits per heavy atom. The van der Waals surface area contributed by atoms with Crippen LogP contribution in [0.3, 0.4) is 0 Å². The molecule has 0 radical (unpaired) electrons. The molecule has 1 aromatic carbocycles. The smallest absolute Gasteiger partial charge is 0.221 e. The Labute approximate surface area is 136 Å². The summed E-state index contributed by atoms with van der Waals surface area (Å²) in [4.78, 5) is 13.8. The maximum Gasteiger partial charge on any atom is 0.221 e. The third-order valence-corrected chi connectivity index (χ3v) is 3.58. The molecule has 0 bridgehead atoms. The fraction of sp³-hybridized carbons (Fsp3) is 0.533. The lowest BCUT2D eigenvalue weighted by atomic mass is 10.1. The van der Waals surface area contributed by atoms with Crippen molar-refractivity contribution in [3.8, 4) is 0 Å². The maximum absolute atomic E-state index is 11.7. The number of carbonyl (C=O) groups is 1. The van der Waals surface area contributed by atoms with E-state index in [9.17, 15) is 4.79 Å². The minimum Gasteiger partial charge on any atom is -0.356 e. The molecule has 0 fully saturated rings. The molecular formula is C15H23Cl2N3O. The molecule has 0 heterocycles. The summed E-state index contributed by atoms with van der Waals surface area (Å²) in [5.74, 6) is 0.0532. The van der Waals surface area contributed by atoms with Crippen molar-refractivity contribution in [2.24, 2.45) is 0 Å². The van der Waals surface area contributed by atoms with E-state index in [1.807, 2.05) is 20.2 Å². The van der Waals surface area contributed by atoms with Crippen LogP contribution in [0.15, 0.2) is 18.2 Å². The number of hydrogen-bond acceptors (Lipinski definition) is 3. The fourth-order valence-electron chi connectivity index (χ4n) is 1.78. The van der Waals surface area contributed by atoms with E-state index in [0.717, 1.165) is 18.7 Å². The summed E-state index contributed by atoms with van der Waals surface area (Å²) in [6.45, 7) is 3.14. The van der Waals surface area contributed by atoms with Crippen molar-refractivity contribution in [1.29, 1.82) is 0 Å². The first-order valence-electron chi connectivity index (χ1n) is 7.05. The number of halogens is 2. The van der Waals surface area contributed by atoms with Gasteiger partial charge >= 0.3 is 0 Å². The highest BCUT2D eigenvalue weighted by atomic mass is 35.5. The molecule has 0 spiro atoms. The monoisotopic (exact) mass is 331 g/mol. The molecule has 1 rings (SSSR count). The number of nitrogens with one attached hydrogen (secondary N) is 2. The normalized spacial score (nSPS) is 10.9. The molecule has 0 aliphatic heterocycles. The molecule has 6 heteroatoms. The van der Waals surface area contributed by atoms with Crippen molar-refractivity contribution in [2.45, 2.75) is 12.8 Å². The van der Waals surface area contributed by atoms with Crippen LogP contribution >= 0.6 is 23.2 Å². The topological polar surface area (TPSA) is 44.4 Å². The molecule has 118 valence electrons. The Bertz CT molecular complexity index is 453. The van der Waals surface area contributed by atoms with Crippen LogP contribution in [0.4, 0.5) is 0 Å². The first-order valence-corrected chi connectivity index (χ1v) is 7.80. The van der Waals surface area contributed by atoms with Gasteiger partial charge in [-0.3, -0.25) is 4.79 Å². The van der Waals surface area contributed by atoms with E-state index in [2.05, 4.69) is 15.5 Å². The molecule has 1 aromatic rings. The lowest BCUT2D eigenvalue weighted by Gasteiger charge is -2.10. The van der Waals surface area contributed by atoms with Crippen molar-refractivity contribution in [1.82, 2.24) is 15.5 Å². The number of amides is 1. The number of carbonyl (C=O) groups excluding carboxylic acids is 1. The van der Waals surface area contributed by atoms with E-state index in [-0.39, 0.29) is 5.91 Å². The zero-order chi connectivity index (χ0) is 15.7. The standard InChI is InChI=1S/C15H23Cl2N3O/c1-20(2)10-9-18-7-6-15(21)19-8-5-12-3-4-13(16)11-14(12)17/h3-4,11,18H,5-10H2,1-2H3,(H,19,21). The van der Waals surface area contributed by atoms with Gasteiger partial charge in [-0.05, 0) is 38.2 Å². The van der Waals surface area contributed by atoms with E-state index >= 15 is 0 Å². The molecule has 0 aromatic heterocycles. The lowest BCUT2D eigenvalue weighted by Crippen LogP contribution is -2.32. The number of rotatable bonds is 9. The molecule has 2 N–H and O–H groups in total. The van der Waals surface area contributed by atoms with E-state index in [1.54, 1.807) is 12.1 Å². The Balaban J connectivity index is 2.13. The molecule has 0 atom stereocenters. The predicted octanol–water partition coefficient (Wildman–Crippen LogP) is 2.19. The van der Waals surface area contributed by atoms with Gasteiger partial charge in [-0.2, -0.15) is 0 Å². The maximum atomic E-state index is 11.7. The second-order valence-corrected chi connectivity index (χ2v) is 5.98. The first kappa shape index (κ1) is 18.2. The summed E-state index contributed by atoms with van der Waals surface area (Å²) >= 11 is 11.9. The van der Waals surface area contributed by atoms with Gasteiger partial charge < -0.3 is 15.5 Å². The molecule has 0 unspecified atom stereocenters. The summed E-state index contributed by atoms with van der Waals surface area (Å²) in [6.07, 6.45) is 1.19. The molecule has 21 heavy (non-hydrogen) atoms. The molecule has 4 nitrogen and oxygen atoms in total. The fourth-order valence-corrected chi connectivity index (χ4v) is 2.28. The van der Waals surface area contributed by atoms with Gasteiger partial charge in [0.05, 0.1) is 0 Å². The third-order valence-electron chi connectivity index (χ3n) is 3.00. The Hall–Kier alpha value is -0.810. The SMILES string of the molecule is CN(C)CCNCCC(=O)NCCc1ccc(Cl)cc1Cl. The van der Waals surface area contributed by atoms with Crippen LogP contribution in [-0.4, -0.2) is 51.1 Å². The quantitative estimate of drug-likeness (QED) is 0.682. The Morgan fingerprint density at radius 2 is 1.95 bits per heavy atom. The van der Waals surface area contributed by atoms with Crippen LogP contribution in [0.2, 0.25) is 10.0 Å². The van der Waals surface area contributed by atoms with E-state index in [1.165, 1.54) is 0 Å². The van der Waals surface area contributed by atoms with Crippen molar-refractivity contribution >= 4 is 29.1 Å². The highest BCUT2D eigenvalue weighted by molar-refractivity contribution is 6.35. The number of benzene rings is 1. The third kappa shape index (κ3) is 8.27. The summed E-state index contributed by atoms with van der Waals surface area (Å²) in [7, 11) is 4.05. The minimum atomic E-state index is 0.0532. The van der Waals surface area contributed by atoms with Gasteiger partial charge in [0.25, 0.3) is 0 Å². The number of hydrogen-bond donors (Lipinski definition) is 2. The van der Waals surface area contributed by atoms with Crippen molar-refractivity contribution in [3.63, 3.8) is 0 Å². The van der Waals surface area contributed by atoms with Crippen molar-refractivity contribution in [3.05, 3.63) is 33.8 Å². The molecular weight excluding hydrogens is 309 g/mol. The van der Waals surface area contributed by atoms with E-state index in [4.69, 9.17) is 23.2 Å². The van der Waals surface area contributed by atoms with Crippen molar-refractivity contribution < 1.29 is 4.79 Å². The zero-order valence-corrected chi connectivity index (χ0v) is 14.1. The average Bonchev–Trinajstić information content (AvgIpc) is 2.40. The molecule has 1 amide bonds. The Morgan fingerprint density at radius 1 is 1.19 bits per heavy atom. The average molecular weight is 332 g/mol. The molecule has 0 aliphatic rings. The number of nitrogens with zero attached hydrogens (tertiary/aromatic N) is 1. The van der Waals surface area contributed by atoms with Gasteiger partial charge in [-0.15, -0.1) is 0 Å². The second-order valence-electron chi connectivity index (χ2n) is 5.14. The molecule has 0 saturated carbocycles. The molecule has 0 aliphatic carbocycles. The summed E-state index contributed by atoms with van der Waals surface area (Å²) in [6, 6.07) is 5.41. The van der Waals surface area contributed by atoms with Crippen LogP contribution in [0.25, 0.3) is 0 Å². The van der Waals surface area contributed by atoms with Gasteiger partial charge in [0, 0.05) is 42.6 Å². The second kappa shape index (κ2) is 10.0. The van der Waals surface area contributed by atoms with Crippen LogP contribution in [0.1, 0.15) is 12.0 Å². The highest BCUT2D eigenvalue weighted by Crippen LogP contribution is 2.20. The van der Waals surface area contributed by atoms with Gasteiger partial charge in [0.1, 0.15) is 0 Å². The van der Waals surface area contributed by atoms with Gasteiger partial charge in [0.2, 0.25) is 5.91 Å². The summed E-state index contributed by atoms with van der Waals surface area (Å²) in [5.41, 5.74) is 0.991. The minimum absolute atomic E-state index is 0.0532. The summed E-state index contributed by atoms with van der Waals surface area (Å²) in [5, 5.41) is 7.39.